The second-order valence-electron chi connectivity index (χ2n) is 1.69. The summed E-state index contributed by atoms with van der Waals surface area (Å²) < 4.78 is 20.5. The summed E-state index contributed by atoms with van der Waals surface area (Å²) in [6.45, 7) is 6.00. The Morgan fingerprint density at radius 2 is 1.91 bits per heavy atom. The van der Waals surface area contributed by atoms with Crippen LogP contribution in [0.1, 0.15) is 6.42 Å². The Kier molecular flexibility index (Phi) is 5.11. The fourth-order valence-electron chi connectivity index (χ4n) is 0.617. The van der Waals surface area contributed by atoms with Crippen LogP contribution in [0, 0.1) is 0 Å². The van der Waals surface area contributed by atoms with Gasteiger partial charge in [0.25, 0.3) is 0 Å². The Balaban J connectivity index is 0.000000461. The first-order chi connectivity index (χ1) is 5.30. The molecule has 2 nitrogen and oxygen atoms in total. The molecule has 1 aliphatic carbocycles. The van der Waals surface area contributed by atoms with Crippen molar-refractivity contribution in [3.8, 4) is 0 Å². The van der Waals surface area contributed by atoms with E-state index >= 15 is 0 Å². The fourth-order valence-corrected chi connectivity index (χ4v) is 1.04. The molecule has 0 atom stereocenters. The van der Waals surface area contributed by atoms with Crippen LogP contribution in [0.2, 0.25) is 0 Å². The zero-order valence-electron chi connectivity index (χ0n) is 6.16. The lowest BCUT2D eigenvalue weighted by atomic mass is 10.2. The molecule has 0 amide bonds. The van der Waals surface area contributed by atoms with E-state index in [2.05, 4.69) is 13.2 Å². The Bertz CT molecular complexity index is 286. The third kappa shape index (κ3) is 3.57. The average Bonchev–Trinajstić information content (AvgIpc) is 2.10. The van der Waals surface area contributed by atoms with Crippen LogP contribution in [0.25, 0.3) is 0 Å². The van der Waals surface area contributed by atoms with Crippen molar-refractivity contribution in [3.63, 3.8) is 0 Å². The van der Waals surface area contributed by atoms with Gasteiger partial charge in [-0.1, -0.05) is 18.2 Å². The summed E-state index contributed by atoms with van der Waals surface area (Å²) in [4.78, 5) is 0.456. The molecule has 0 unspecified atom stereocenters. The maximum atomic E-state index is 10.2. The normalized spacial score (nSPS) is 13.6. The van der Waals surface area contributed by atoms with Crippen LogP contribution in [0.4, 0.5) is 0 Å². The smallest absolute Gasteiger partial charge is 0.184 e. The van der Waals surface area contributed by atoms with E-state index in [1.54, 1.807) is 12.2 Å². The van der Waals surface area contributed by atoms with Crippen LogP contribution in [0.15, 0.2) is 37.5 Å². The summed E-state index contributed by atoms with van der Waals surface area (Å²) in [5.74, 6) is 0. The standard InChI is InChI=1S/C6H6O2S.C2H4/c7-9(8)6-4-2-1-3-5-6;1-2/h1-4H,5H2;1-2H2. The summed E-state index contributed by atoms with van der Waals surface area (Å²) in [6, 6.07) is 0. The summed E-state index contributed by atoms with van der Waals surface area (Å²) in [6.07, 6.45) is 7.49. The topological polar surface area (TPSA) is 34.1 Å². The van der Waals surface area contributed by atoms with Gasteiger partial charge in [-0.05, 0) is 6.08 Å². The predicted molar refractivity (Wildman–Crippen MR) is 48.1 cm³/mol. The van der Waals surface area contributed by atoms with Gasteiger partial charge in [0.15, 0.2) is 0 Å². The predicted octanol–water partition coefficient (Wildman–Crippen LogP) is 1.36. The van der Waals surface area contributed by atoms with Gasteiger partial charge in [-0.25, -0.2) is 0 Å². The monoisotopic (exact) mass is 170 g/mol. The third-order valence-electron chi connectivity index (χ3n) is 1.06. The lowest BCUT2D eigenvalue weighted by Gasteiger charge is -1.91. The highest BCUT2D eigenvalue weighted by molar-refractivity contribution is 7.73. The highest BCUT2D eigenvalue weighted by Crippen LogP contribution is 1.96. The first kappa shape index (κ1) is 9.91. The highest BCUT2D eigenvalue weighted by Gasteiger charge is 1.94. The zero-order chi connectivity index (χ0) is 8.69. The molecule has 11 heavy (non-hydrogen) atoms. The lowest BCUT2D eigenvalue weighted by molar-refractivity contribution is 0.627. The van der Waals surface area contributed by atoms with Crippen molar-refractivity contribution in [2.75, 3.05) is 0 Å². The Morgan fingerprint density at radius 1 is 1.27 bits per heavy atom. The number of hydrogen-bond acceptors (Lipinski definition) is 2. The van der Waals surface area contributed by atoms with Crippen molar-refractivity contribution in [3.05, 3.63) is 37.5 Å². The quantitative estimate of drug-likeness (QED) is 0.406. The molecule has 0 fully saturated rings. The molecule has 60 valence electrons. The number of rotatable bonds is 0. The van der Waals surface area contributed by atoms with E-state index in [0.29, 0.717) is 11.3 Å². The number of allylic oxidation sites excluding steroid dienone is 4. The Labute approximate surface area is 68.1 Å². The molecule has 0 bridgehead atoms. The van der Waals surface area contributed by atoms with E-state index in [-0.39, 0.29) is 0 Å². The second-order valence-corrected chi connectivity index (χ2v) is 2.69. The van der Waals surface area contributed by atoms with Crippen molar-refractivity contribution >= 4 is 15.2 Å². The van der Waals surface area contributed by atoms with E-state index in [1.807, 2.05) is 12.2 Å². The van der Waals surface area contributed by atoms with Crippen LogP contribution in [0.3, 0.4) is 0 Å². The highest BCUT2D eigenvalue weighted by atomic mass is 32.2. The largest absolute Gasteiger partial charge is 0.217 e. The van der Waals surface area contributed by atoms with Gasteiger partial charge in [0.2, 0.25) is 10.3 Å². The van der Waals surface area contributed by atoms with E-state index in [9.17, 15) is 8.42 Å². The Hall–Kier alpha value is -1.09. The zero-order valence-corrected chi connectivity index (χ0v) is 6.97. The van der Waals surface area contributed by atoms with Crippen LogP contribution < -0.4 is 0 Å². The van der Waals surface area contributed by atoms with Crippen LogP contribution in [-0.2, 0) is 10.3 Å². The number of hydrogen-bond donors (Lipinski definition) is 0. The van der Waals surface area contributed by atoms with Gasteiger partial charge < -0.3 is 0 Å². The van der Waals surface area contributed by atoms with Gasteiger partial charge in [-0.2, -0.15) is 8.42 Å². The first-order valence-electron chi connectivity index (χ1n) is 3.09. The molecule has 0 aromatic carbocycles. The molecular weight excluding hydrogens is 160 g/mol. The maximum Gasteiger partial charge on any atom is 0.217 e. The Morgan fingerprint density at radius 3 is 2.18 bits per heavy atom. The summed E-state index contributed by atoms with van der Waals surface area (Å²) in [5.41, 5.74) is 0. The second kappa shape index (κ2) is 5.68. The van der Waals surface area contributed by atoms with Gasteiger partial charge in [0.1, 0.15) is 0 Å². The molecular formula is C8H10O2S. The van der Waals surface area contributed by atoms with Gasteiger partial charge in [-0.3, -0.25) is 0 Å². The van der Waals surface area contributed by atoms with Crippen LogP contribution in [-0.4, -0.2) is 13.3 Å². The van der Waals surface area contributed by atoms with Crippen molar-refractivity contribution in [1.29, 1.82) is 0 Å². The van der Waals surface area contributed by atoms with E-state index in [4.69, 9.17) is 0 Å². The summed E-state index contributed by atoms with van der Waals surface area (Å²) in [7, 11) is -2.02. The summed E-state index contributed by atoms with van der Waals surface area (Å²) >= 11 is 0. The van der Waals surface area contributed by atoms with Gasteiger partial charge in [0.05, 0.1) is 4.86 Å². The van der Waals surface area contributed by atoms with Gasteiger partial charge in [-0.15, -0.1) is 13.2 Å². The molecule has 0 spiro atoms. The minimum atomic E-state index is -2.02. The molecule has 0 saturated heterocycles. The van der Waals surface area contributed by atoms with Gasteiger partial charge >= 0.3 is 0 Å². The molecule has 0 radical (unpaired) electrons. The SMILES string of the molecule is C=C.O=S(=O)=C1C=CC=CC1. The van der Waals surface area contributed by atoms with E-state index in [0.717, 1.165) is 0 Å². The van der Waals surface area contributed by atoms with Crippen molar-refractivity contribution in [2.24, 2.45) is 0 Å². The molecule has 0 aromatic rings. The van der Waals surface area contributed by atoms with E-state index < -0.39 is 10.3 Å². The molecule has 0 aromatic heterocycles. The summed E-state index contributed by atoms with van der Waals surface area (Å²) in [5, 5.41) is 0. The lowest BCUT2D eigenvalue weighted by Crippen LogP contribution is -1.94. The molecule has 0 heterocycles. The van der Waals surface area contributed by atoms with Crippen molar-refractivity contribution in [1.82, 2.24) is 0 Å². The minimum absolute atomic E-state index is 0.456. The molecule has 1 aliphatic rings. The molecule has 1 rings (SSSR count). The van der Waals surface area contributed by atoms with E-state index in [1.165, 1.54) is 0 Å². The fraction of sp³-hybridized carbons (Fsp3) is 0.125. The molecule has 3 heteroatoms. The molecule has 0 aliphatic heterocycles. The van der Waals surface area contributed by atoms with Crippen LogP contribution in [0.5, 0.6) is 0 Å². The first-order valence-corrected chi connectivity index (χ1v) is 4.16. The third-order valence-corrected chi connectivity index (χ3v) is 1.79. The average molecular weight is 170 g/mol. The van der Waals surface area contributed by atoms with Crippen molar-refractivity contribution < 1.29 is 8.42 Å². The van der Waals surface area contributed by atoms with Crippen molar-refractivity contribution in [2.45, 2.75) is 6.42 Å². The minimum Gasteiger partial charge on any atom is -0.184 e. The van der Waals surface area contributed by atoms with Gasteiger partial charge in [0, 0.05) is 6.42 Å². The van der Waals surface area contributed by atoms with Crippen LogP contribution >= 0.6 is 0 Å². The molecule has 0 saturated carbocycles. The maximum absolute atomic E-state index is 10.2. The molecule has 0 N–H and O–H groups in total.